The van der Waals surface area contributed by atoms with Crippen LogP contribution in [0.1, 0.15) is 12.5 Å². The van der Waals surface area contributed by atoms with Crippen molar-refractivity contribution in [1.82, 2.24) is 4.90 Å². The Labute approximate surface area is 139 Å². The predicted molar refractivity (Wildman–Crippen MR) is 92.2 cm³/mol. The number of ether oxygens (including phenoxy) is 1. The van der Waals surface area contributed by atoms with Crippen LogP contribution in [0.25, 0.3) is 0 Å². The van der Waals surface area contributed by atoms with Crippen LogP contribution in [0.4, 0.5) is 0 Å². The summed E-state index contributed by atoms with van der Waals surface area (Å²) in [7, 11) is 0. The van der Waals surface area contributed by atoms with Gasteiger partial charge in [-0.05, 0) is 59.3 Å². The zero-order valence-corrected chi connectivity index (χ0v) is 14.1. The SMILES string of the molecule is CCN(Cc1ccccc1)C(=O)COc1ccc(I)cc1. The molecule has 0 fully saturated rings. The van der Waals surface area contributed by atoms with E-state index in [0.29, 0.717) is 13.1 Å². The van der Waals surface area contributed by atoms with E-state index in [1.807, 2.05) is 61.5 Å². The molecule has 0 unspecified atom stereocenters. The highest BCUT2D eigenvalue weighted by atomic mass is 127. The van der Waals surface area contributed by atoms with Crippen molar-refractivity contribution in [2.45, 2.75) is 13.5 Å². The van der Waals surface area contributed by atoms with E-state index in [4.69, 9.17) is 4.74 Å². The average molecular weight is 395 g/mol. The van der Waals surface area contributed by atoms with Gasteiger partial charge in [0, 0.05) is 16.7 Å². The third kappa shape index (κ3) is 5.04. The topological polar surface area (TPSA) is 29.5 Å². The lowest BCUT2D eigenvalue weighted by atomic mass is 10.2. The molecule has 0 saturated carbocycles. The molecule has 0 atom stereocenters. The van der Waals surface area contributed by atoms with E-state index >= 15 is 0 Å². The summed E-state index contributed by atoms with van der Waals surface area (Å²) in [6.45, 7) is 3.34. The molecule has 0 spiro atoms. The number of amides is 1. The minimum absolute atomic E-state index is 0.0000898. The highest BCUT2D eigenvalue weighted by Crippen LogP contribution is 2.13. The van der Waals surface area contributed by atoms with Gasteiger partial charge >= 0.3 is 0 Å². The number of hydrogen-bond donors (Lipinski definition) is 0. The molecule has 2 aromatic rings. The molecule has 0 aliphatic carbocycles. The van der Waals surface area contributed by atoms with Gasteiger partial charge in [0.05, 0.1) is 0 Å². The Morgan fingerprint density at radius 2 is 1.76 bits per heavy atom. The highest BCUT2D eigenvalue weighted by molar-refractivity contribution is 14.1. The van der Waals surface area contributed by atoms with Gasteiger partial charge in [-0.3, -0.25) is 4.79 Å². The van der Waals surface area contributed by atoms with E-state index in [-0.39, 0.29) is 12.5 Å². The summed E-state index contributed by atoms with van der Waals surface area (Å²) in [4.78, 5) is 14.0. The van der Waals surface area contributed by atoms with Crippen molar-refractivity contribution in [3.05, 3.63) is 63.7 Å². The number of benzene rings is 2. The fourth-order valence-electron chi connectivity index (χ4n) is 1.95. The van der Waals surface area contributed by atoms with E-state index in [1.165, 1.54) is 0 Å². The summed E-state index contributed by atoms with van der Waals surface area (Å²) in [5, 5.41) is 0. The molecular weight excluding hydrogens is 377 g/mol. The van der Waals surface area contributed by atoms with Crippen molar-refractivity contribution >= 4 is 28.5 Å². The van der Waals surface area contributed by atoms with Crippen molar-refractivity contribution in [2.24, 2.45) is 0 Å². The number of rotatable bonds is 6. The van der Waals surface area contributed by atoms with Gasteiger partial charge in [-0.15, -0.1) is 0 Å². The van der Waals surface area contributed by atoms with Gasteiger partial charge in [0.25, 0.3) is 5.91 Å². The van der Waals surface area contributed by atoms with Crippen LogP contribution in [-0.4, -0.2) is 24.0 Å². The van der Waals surface area contributed by atoms with Crippen molar-refractivity contribution in [2.75, 3.05) is 13.2 Å². The zero-order chi connectivity index (χ0) is 15.1. The molecule has 0 bridgehead atoms. The Bertz CT molecular complexity index is 569. The standard InChI is InChI=1S/C17H18INO2/c1-2-19(12-14-6-4-3-5-7-14)17(20)13-21-16-10-8-15(18)9-11-16/h3-11H,2,12-13H2,1H3. The van der Waals surface area contributed by atoms with Gasteiger partial charge in [0.2, 0.25) is 0 Å². The van der Waals surface area contributed by atoms with Gasteiger partial charge in [0.15, 0.2) is 6.61 Å². The van der Waals surface area contributed by atoms with Crippen molar-refractivity contribution in [3.8, 4) is 5.75 Å². The van der Waals surface area contributed by atoms with Gasteiger partial charge < -0.3 is 9.64 Å². The summed E-state index contributed by atoms with van der Waals surface area (Å²) in [5.41, 5.74) is 1.13. The third-order valence-corrected chi connectivity index (χ3v) is 3.85. The average Bonchev–Trinajstić information content (AvgIpc) is 2.52. The number of halogens is 1. The Hall–Kier alpha value is -1.56. The second-order valence-electron chi connectivity index (χ2n) is 4.64. The van der Waals surface area contributed by atoms with E-state index in [0.717, 1.165) is 14.9 Å². The van der Waals surface area contributed by atoms with Crippen molar-refractivity contribution < 1.29 is 9.53 Å². The van der Waals surface area contributed by atoms with E-state index in [1.54, 1.807) is 4.90 Å². The smallest absolute Gasteiger partial charge is 0.260 e. The Morgan fingerprint density at radius 1 is 1.10 bits per heavy atom. The minimum Gasteiger partial charge on any atom is -0.484 e. The van der Waals surface area contributed by atoms with Crippen LogP contribution in [0.2, 0.25) is 0 Å². The molecule has 0 radical (unpaired) electrons. The summed E-state index contributed by atoms with van der Waals surface area (Å²) >= 11 is 2.24. The molecule has 0 heterocycles. The molecule has 1 amide bonds. The molecule has 3 nitrogen and oxygen atoms in total. The van der Waals surface area contributed by atoms with Gasteiger partial charge in [0.1, 0.15) is 5.75 Å². The predicted octanol–water partition coefficient (Wildman–Crippen LogP) is 3.72. The number of nitrogens with zero attached hydrogens (tertiary/aromatic N) is 1. The first-order valence-corrected chi connectivity index (χ1v) is 7.97. The zero-order valence-electron chi connectivity index (χ0n) is 12.0. The molecule has 4 heteroatoms. The van der Waals surface area contributed by atoms with Gasteiger partial charge in [-0.1, -0.05) is 30.3 Å². The highest BCUT2D eigenvalue weighted by Gasteiger charge is 2.12. The summed E-state index contributed by atoms with van der Waals surface area (Å²) in [6.07, 6.45) is 0. The molecule has 0 N–H and O–H groups in total. The molecule has 2 aromatic carbocycles. The fourth-order valence-corrected chi connectivity index (χ4v) is 2.31. The van der Waals surface area contributed by atoms with E-state index < -0.39 is 0 Å². The second kappa shape index (κ2) is 8.02. The van der Waals surface area contributed by atoms with Crippen LogP contribution >= 0.6 is 22.6 Å². The van der Waals surface area contributed by atoms with Crippen LogP contribution in [0.5, 0.6) is 5.75 Å². The maximum atomic E-state index is 12.2. The molecular formula is C17H18INO2. The third-order valence-electron chi connectivity index (χ3n) is 3.13. The number of carbonyl (C=O) groups is 1. The van der Waals surface area contributed by atoms with Crippen LogP contribution in [0.3, 0.4) is 0 Å². The summed E-state index contributed by atoms with van der Waals surface area (Å²) < 4.78 is 6.69. The first kappa shape index (κ1) is 15.8. The molecule has 110 valence electrons. The number of hydrogen-bond acceptors (Lipinski definition) is 2. The second-order valence-corrected chi connectivity index (χ2v) is 5.88. The largest absolute Gasteiger partial charge is 0.484 e. The van der Waals surface area contributed by atoms with Crippen LogP contribution in [0, 0.1) is 3.57 Å². The quantitative estimate of drug-likeness (QED) is 0.698. The number of likely N-dealkylation sites (N-methyl/N-ethyl adjacent to an activating group) is 1. The van der Waals surface area contributed by atoms with Crippen LogP contribution in [0.15, 0.2) is 54.6 Å². The van der Waals surface area contributed by atoms with Gasteiger partial charge in [-0.25, -0.2) is 0 Å². The Kier molecular flexibility index (Phi) is 6.04. The molecule has 2 rings (SSSR count). The maximum Gasteiger partial charge on any atom is 0.260 e. The van der Waals surface area contributed by atoms with Crippen molar-refractivity contribution in [1.29, 1.82) is 0 Å². The minimum atomic E-state index is -0.0000898. The molecule has 21 heavy (non-hydrogen) atoms. The number of carbonyl (C=O) groups excluding carboxylic acids is 1. The lowest BCUT2D eigenvalue weighted by Crippen LogP contribution is -2.34. The molecule has 0 aromatic heterocycles. The van der Waals surface area contributed by atoms with Crippen LogP contribution < -0.4 is 4.74 Å². The molecule has 0 saturated heterocycles. The van der Waals surface area contributed by atoms with E-state index in [2.05, 4.69) is 22.6 Å². The first-order valence-electron chi connectivity index (χ1n) is 6.89. The first-order chi connectivity index (χ1) is 10.2. The maximum absolute atomic E-state index is 12.2. The van der Waals surface area contributed by atoms with E-state index in [9.17, 15) is 4.79 Å². The fraction of sp³-hybridized carbons (Fsp3) is 0.235. The van der Waals surface area contributed by atoms with Crippen molar-refractivity contribution in [3.63, 3.8) is 0 Å². The Morgan fingerprint density at radius 3 is 2.38 bits per heavy atom. The Balaban J connectivity index is 1.89. The molecule has 0 aliphatic heterocycles. The summed E-state index contributed by atoms with van der Waals surface area (Å²) in [6, 6.07) is 17.7. The lowest BCUT2D eigenvalue weighted by Gasteiger charge is -2.21. The van der Waals surface area contributed by atoms with Crippen LogP contribution in [-0.2, 0) is 11.3 Å². The normalized spacial score (nSPS) is 10.2. The monoisotopic (exact) mass is 395 g/mol. The lowest BCUT2D eigenvalue weighted by molar-refractivity contribution is -0.133. The van der Waals surface area contributed by atoms with Gasteiger partial charge in [-0.2, -0.15) is 0 Å². The summed E-state index contributed by atoms with van der Waals surface area (Å²) in [5.74, 6) is 0.722. The molecule has 0 aliphatic rings.